The van der Waals surface area contributed by atoms with E-state index in [2.05, 4.69) is 47.2 Å². The van der Waals surface area contributed by atoms with Crippen LogP contribution in [0, 0.1) is 0 Å². The molecule has 0 radical (unpaired) electrons. The first kappa shape index (κ1) is 13.9. The SMILES string of the molecule is CCCNC1CCC(C)c2c(OC)ccc(Br)c21. The van der Waals surface area contributed by atoms with Crippen LogP contribution in [-0.4, -0.2) is 13.7 Å². The number of halogens is 1. The highest BCUT2D eigenvalue weighted by Gasteiger charge is 2.29. The minimum Gasteiger partial charge on any atom is -0.496 e. The van der Waals surface area contributed by atoms with Gasteiger partial charge in [-0.15, -0.1) is 0 Å². The molecule has 0 aliphatic heterocycles. The van der Waals surface area contributed by atoms with Gasteiger partial charge in [0.05, 0.1) is 7.11 Å². The van der Waals surface area contributed by atoms with Crippen molar-refractivity contribution >= 4 is 15.9 Å². The molecule has 2 rings (SSSR count). The number of nitrogens with one attached hydrogen (secondary N) is 1. The van der Waals surface area contributed by atoms with Gasteiger partial charge in [0, 0.05) is 16.1 Å². The second-order valence-corrected chi connectivity index (χ2v) is 5.92. The largest absolute Gasteiger partial charge is 0.496 e. The molecule has 0 fully saturated rings. The second-order valence-electron chi connectivity index (χ2n) is 5.06. The van der Waals surface area contributed by atoms with E-state index in [1.807, 2.05) is 0 Å². The Hall–Kier alpha value is -0.540. The summed E-state index contributed by atoms with van der Waals surface area (Å²) in [5, 5.41) is 3.65. The summed E-state index contributed by atoms with van der Waals surface area (Å²) in [7, 11) is 1.76. The molecule has 0 amide bonds. The maximum Gasteiger partial charge on any atom is 0.122 e. The van der Waals surface area contributed by atoms with Crippen LogP contribution in [0.15, 0.2) is 16.6 Å². The van der Waals surface area contributed by atoms with Gasteiger partial charge < -0.3 is 10.1 Å². The van der Waals surface area contributed by atoms with E-state index in [9.17, 15) is 0 Å². The third kappa shape index (κ3) is 2.57. The molecule has 2 atom stereocenters. The molecule has 100 valence electrons. The molecule has 1 aromatic rings. The molecule has 0 saturated heterocycles. The fourth-order valence-corrected chi connectivity index (χ4v) is 3.48. The maximum atomic E-state index is 5.54. The molecule has 2 nitrogen and oxygen atoms in total. The van der Waals surface area contributed by atoms with Crippen LogP contribution in [-0.2, 0) is 0 Å². The van der Waals surface area contributed by atoms with Crippen molar-refractivity contribution in [1.29, 1.82) is 0 Å². The van der Waals surface area contributed by atoms with E-state index >= 15 is 0 Å². The fourth-order valence-electron chi connectivity index (χ4n) is 2.86. The molecule has 18 heavy (non-hydrogen) atoms. The van der Waals surface area contributed by atoms with Crippen molar-refractivity contribution in [2.45, 2.75) is 45.1 Å². The lowest BCUT2D eigenvalue weighted by Gasteiger charge is -2.32. The zero-order valence-corrected chi connectivity index (χ0v) is 13.0. The lowest BCUT2D eigenvalue weighted by Crippen LogP contribution is -2.27. The number of hydrogen-bond acceptors (Lipinski definition) is 2. The fraction of sp³-hybridized carbons (Fsp3) is 0.600. The molecule has 3 heteroatoms. The van der Waals surface area contributed by atoms with Crippen LogP contribution < -0.4 is 10.1 Å². The van der Waals surface area contributed by atoms with Crippen molar-refractivity contribution in [3.8, 4) is 5.75 Å². The second kappa shape index (κ2) is 6.07. The molecule has 0 heterocycles. The van der Waals surface area contributed by atoms with E-state index < -0.39 is 0 Å². The number of benzene rings is 1. The molecule has 1 N–H and O–H groups in total. The number of rotatable bonds is 4. The summed E-state index contributed by atoms with van der Waals surface area (Å²) in [6.07, 6.45) is 3.60. The molecule has 1 aliphatic rings. The Morgan fingerprint density at radius 2 is 2.11 bits per heavy atom. The standard InChI is InChI=1S/C15H22BrNO/c1-4-9-17-12-7-5-10(2)14-13(18-3)8-6-11(16)15(12)14/h6,8,10,12,17H,4-5,7,9H2,1-3H3. The highest BCUT2D eigenvalue weighted by Crippen LogP contribution is 2.45. The Balaban J connectivity index is 2.42. The molecule has 0 bridgehead atoms. The normalized spacial score (nSPS) is 22.7. The minimum absolute atomic E-state index is 0.459. The first-order chi connectivity index (χ1) is 8.69. The molecule has 0 spiro atoms. The summed E-state index contributed by atoms with van der Waals surface area (Å²) in [6, 6.07) is 4.64. The zero-order chi connectivity index (χ0) is 13.1. The average molecular weight is 312 g/mol. The minimum atomic E-state index is 0.459. The molecule has 2 unspecified atom stereocenters. The zero-order valence-electron chi connectivity index (χ0n) is 11.4. The van der Waals surface area contributed by atoms with Gasteiger partial charge in [0.1, 0.15) is 5.75 Å². The van der Waals surface area contributed by atoms with Crippen LogP contribution in [0.25, 0.3) is 0 Å². The molecule has 1 aliphatic carbocycles. The van der Waals surface area contributed by atoms with Crippen molar-refractivity contribution in [3.63, 3.8) is 0 Å². The Morgan fingerprint density at radius 3 is 2.78 bits per heavy atom. The number of ether oxygens (including phenoxy) is 1. The Labute approximate surface area is 118 Å². The third-order valence-corrected chi connectivity index (χ3v) is 4.48. The van der Waals surface area contributed by atoms with Crippen LogP contribution in [0.4, 0.5) is 0 Å². The summed E-state index contributed by atoms with van der Waals surface area (Å²) in [4.78, 5) is 0. The number of hydrogen-bond donors (Lipinski definition) is 1. The first-order valence-electron chi connectivity index (χ1n) is 6.78. The first-order valence-corrected chi connectivity index (χ1v) is 7.58. The smallest absolute Gasteiger partial charge is 0.122 e. The van der Waals surface area contributed by atoms with Gasteiger partial charge in [-0.3, -0.25) is 0 Å². The summed E-state index contributed by atoms with van der Waals surface area (Å²) in [5.41, 5.74) is 2.79. The van der Waals surface area contributed by atoms with E-state index in [-0.39, 0.29) is 0 Å². The van der Waals surface area contributed by atoms with Gasteiger partial charge in [-0.05, 0) is 49.4 Å². The van der Waals surface area contributed by atoms with Crippen LogP contribution in [0.3, 0.4) is 0 Å². The number of fused-ring (bicyclic) bond motifs is 1. The van der Waals surface area contributed by atoms with Crippen LogP contribution in [0.2, 0.25) is 0 Å². The summed E-state index contributed by atoms with van der Waals surface area (Å²) >= 11 is 3.71. The number of methoxy groups -OCH3 is 1. The maximum absolute atomic E-state index is 5.54. The van der Waals surface area contributed by atoms with Gasteiger partial charge in [0.2, 0.25) is 0 Å². The highest BCUT2D eigenvalue weighted by molar-refractivity contribution is 9.10. The lowest BCUT2D eigenvalue weighted by molar-refractivity contribution is 0.382. The van der Waals surface area contributed by atoms with E-state index in [0.29, 0.717) is 12.0 Å². The molecule has 0 aromatic heterocycles. The Kier molecular flexibility index (Phi) is 4.68. The van der Waals surface area contributed by atoms with E-state index in [0.717, 1.165) is 12.3 Å². The Morgan fingerprint density at radius 1 is 1.33 bits per heavy atom. The van der Waals surface area contributed by atoms with Gasteiger partial charge in [0.15, 0.2) is 0 Å². The molecule has 0 saturated carbocycles. The quantitative estimate of drug-likeness (QED) is 0.890. The van der Waals surface area contributed by atoms with E-state index in [4.69, 9.17) is 4.74 Å². The van der Waals surface area contributed by atoms with E-state index in [1.54, 1.807) is 7.11 Å². The van der Waals surface area contributed by atoms with Crippen molar-refractivity contribution in [2.24, 2.45) is 0 Å². The van der Waals surface area contributed by atoms with Gasteiger partial charge in [-0.25, -0.2) is 0 Å². The van der Waals surface area contributed by atoms with Crippen LogP contribution in [0.5, 0.6) is 5.75 Å². The third-order valence-electron chi connectivity index (χ3n) is 3.78. The summed E-state index contributed by atoms with van der Waals surface area (Å²) < 4.78 is 6.75. The monoisotopic (exact) mass is 311 g/mol. The van der Waals surface area contributed by atoms with Crippen molar-refractivity contribution in [3.05, 3.63) is 27.7 Å². The molecular formula is C15H22BrNO. The van der Waals surface area contributed by atoms with Gasteiger partial charge in [-0.1, -0.05) is 29.8 Å². The topological polar surface area (TPSA) is 21.3 Å². The van der Waals surface area contributed by atoms with Gasteiger partial charge >= 0.3 is 0 Å². The van der Waals surface area contributed by atoms with Crippen molar-refractivity contribution < 1.29 is 4.74 Å². The molecule has 1 aromatic carbocycles. The van der Waals surface area contributed by atoms with Gasteiger partial charge in [-0.2, -0.15) is 0 Å². The van der Waals surface area contributed by atoms with Crippen molar-refractivity contribution in [2.75, 3.05) is 13.7 Å². The molecular weight excluding hydrogens is 290 g/mol. The lowest BCUT2D eigenvalue weighted by atomic mass is 9.80. The van der Waals surface area contributed by atoms with E-state index in [1.165, 1.54) is 34.9 Å². The van der Waals surface area contributed by atoms with Crippen molar-refractivity contribution in [1.82, 2.24) is 5.32 Å². The predicted octanol–water partition coefficient (Wildman–Crippen LogP) is 4.40. The highest BCUT2D eigenvalue weighted by atomic mass is 79.9. The average Bonchev–Trinajstić information content (AvgIpc) is 2.39. The predicted molar refractivity (Wildman–Crippen MR) is 79.4 cm³/mol. The van der Waals surface area contributed by atoms with Crippen LogP contribution >= 0.6 is 15.9 Å². The Bertz CT molecular complexity index is 419. The van der Waals surface area contributed by atoms with Gasteiger partial charge in [0.25, 0.3) is 0 Å². The van der Waals surface area contributed by atoms with Crippen LogP contribution in [0.1, 0.15) is 56.2 Å². The summed E-state index contributed by atoms with van der Waals surface area (Å²) in [6.45, 7) is 5.58. The summed E-state index contributed by atoms with van der Waals surface area (Å²) in [5.74, 6) is 1.61.